The Morgan fingerprint density at radius 1 is 0.792 bits per heavy atom. The van der Waals surface area contributed by atoms with E-state index in [1.54, 1.807) is 0 Å². The molecule has 0 saturated heterocycles. The summed E-state index contributed by atoms with van der Waals surface area (Å²) in [5.74, 6) is 0. The molecule has 0 bridgehead atoms. The Kier molecular flexibility index (Phi) is 4.21. The van der Waals surface area contributed by atoms with Gasteiger partial charge in [-0.2, -0.15) is 0 Å². The molecule has 0 radical (unpaired) electrons. The number of aromatic nitrogens is 1. The van der Waals surface area contributed by atoms with E-state index in [1.165, 1.54) is 33.2 Å². The zero-order valence-electron chi connectivity index (χ0n) is 15.7. The fourth-order valence-electron chi connectivity index (χ4n) is 3.40. The Morgan fingerprint density at radius 3 is 2.08 bits per heavy atom. The summed E-state index contributed by atoms with van der Waals surface area (Å²) in [6.45, 7) is 13.3. The van der Waals surface area contributed by atoms with Crippen molar-refractivity contribution < 1.29 is 0 Å². The van der Waals surface area contributed by atoms with Crippen LogP contribution in [0.4, 0.5) is 0 Å². The van der Waals surface area contributed by atoms with Gasteiger partial charge in [-0.15, -0.1) is 0 Å². The van der Waals surface area contributed by atoms with Crippen molar-refractivity contribution in [2.24, 2.45) is 5.41 Å². The van der Waals surface area contributed by atoms with Crippen molar-refractivity contribution in [3.05, 3.63) is 64.7 Å². The van der Waals surface area contributed by atoms with Crippen molar-refractivity contribution in [1.29, 1.82) is 0 Å². The second-order valence-electron chi connectivity index (χ2n) is 8.30. The second-order valence-corrected chi connectivity index (χ2v) is 8.30. The molecule has 3 rings (SSSR count). The van der Waals surface area contributed by atoms with Gasteiger partial charge in [-0.05, 0) is 68.5 Å². The lowest BCUT2D eigenvalue weighted by atomic mass is 9.86. The van der Waals surface area contributed by atoms with Gasteiger partial charge >= 0.3 is 0 Å². The number of hydrogen-bond donors (Lipinski definition) is 0. The molecule has 24 heavy (non-hydrogen) atoms. The molecule has 0 aliphatic rings. The van der Waals surface area contributed by atoms with Crippen LogP contribution < -0.4 is 0 Å². The number of hydrogen-bond acceptors (Lipinski definition) is 1. The molecule has 0 aliphatic carbocycles. The molecule has 1 nitrogen and oxygen atoms in total. The Hall–Kier alpha value is -2.15. The van der Waals surface area contributed by atoms with Crippen molar-refractivity contribution in [3.63, 3.8) is 0 Å². The van der Waals surface area contributed by atoms with Crippen LogP contribution in [0.15, 0.2) is 42.5 Å². The highest BCUT2D eigenvalue weighted by molar-refractivity contribution is 5.86. The Morgan fingerprint density at radius 2 is 1.46 bits per heavy atom. The summed E-state index contributed by atoms with van der Waals surface area (Å²) >= 11 is 0. The Balaban J connectivity index is 2.24. The van der Waals surface area contributed by atoms with Gasteiger partial charge in [0.25, 0.3) is 0 Å². The summed E-state index contributed by atoms with van der Waals surface area (Å²) in [6, 6.07) is 15.6. The molecule has 0 fully saturated rings. The first kappa shape index (κ1) is 16.7. The van der Waals surface area contributed by atoms with E-state index >= 15 is 0 Å². The fraction of sp³-hybridized carbons (Fsp3) is 0.348. The van der Waals surface area contributed by atoms with Gasteiger partial charge in [0.15, 0.2) is 0 Å². The molecule has 1 heterocycles. The SMILES string of the molecule is Cc1cc(C)cc(-c2cc(CC(C)(C)C)c3cc(C)ccc3n2)c1. The van der Waals surface area contributed by atoms with Crippen molar-refractivity contribution in [2.45, 2.75) is 48.0 Å². The highest BCUT2D eigenvalue weighted by Crippen LogP contribution is 2.31. The zero-order valence-corrected chi connectivity index (χ0v) is 15.7. The Bertz CT molecular complexity index is 878. The van der Waals surface area contributed by atoms with Crippen LogP contribution in [0.5, 0.6) is 0 Å². The average Bonchev–Trinajstić information content (AvgIpc) is 2.45. The van der Waals surface area contributed by atoms with Gasteiger partial charge in [0, 0.05) is 10.9 Å². The summed E-state index contributed by atoms with van der Waals surface area (Å²) < 4.78 is 0. The summed E-state index contributed by atoms with van der Waals surface area (Å²) in [5, 5.41) is 1.29. The predicted molar refractivity (Wildman–Crippen MR) is 105 cm³/mol. The molecule has 0 spiro atoms. The van der Waals surface area contributed by atoms with Gasteiger partial charge in [0.1, 0.15) is 0 Å². The summed E-state index contributed by atoms with van der Waals surface area (Å²) in [6.07, 6.45) is 1.05. The smallest absolute Gasteiger partial charge is 0.0712 e. The van der Waals surface area contributed by atoms with E-state index in [1.807, 2.05) is 0 Å². The average molecular weight is 317 g/mol. The minimum Gasteiger partial charge on any atom is -0.248 e. The van der Waals surface area contributed by atoms with Crippen LogP contribution in [-0.4, -0.2) is 4.98 Å². The number of fused-ring (bicyclic) bond motifs is 1. The van der Waals surface area contributed by atoms with Gasteiger partial charge in [0.2, 0.25) is 0 Å². The first-order chi connectivity index (χ1) is 11.2. The number of pyridine rings is 1. The topological polar surface area (TPSA) is 12.9 Å². The summed E-state index contributed by atoms with van der Waals surface area (Å²) in [5.41, 5.74) is 8.89. The fourth-order valence-corrected chi connectivity index (χ4v) is 3.40. The molecule has 0 N–H and O–H groups in total. The minimum absolute atomic E-state index is 0.248. The minimum atomic E-state index is 0.248. The molecule has 3 aromatic rings. The van der Waals surface area contributed by atoms with Crippen LogP contribution in [-0.2, 0) is 6.42 Å². The summed E-state index contributed by atoms with van der Waals surface area (Å²) in [7, 11) is 0. The summed E-state index contributed by atoms with van der Waals surface area (Å²) in [4.78, 5) is 4.96. The van der Waals surface area contributed by atoms with Gasteiger partial charge in [-0.1, -0.05) is 49.6 Å². The first-order valence-corrected chi connectivity index (χ1v) is 8.70. The first-order valence-electron chi connectivity index (χ1n) is 8.70. The molecule has 0 saturated carbocycles. The largest absolute Gasteiger partial charge is 0.248 e. The molecular weight excluding hydrogens is 290 g/mol. The highest BCUT2D eigenvalue weighted by Gasteiger charge is 2.16. The van der Waals surface area contributed by atoms with E-state index in [2.05, 4.69) is 84.0 Å². The van der Waals surface area contributed by atoms with E-state index in [-0.39, 0.29) is 5.41 Å². The van der Waals surface area contributed by atoms with Crippen molar-refractivity contribution in [3.8, 4) is 11.3 Å². The number of aryl methyl sites for hydroxylation is 3. The van der Waals surface area contributed by atoms with Gasteiger partial charge < -0.3 is 0 Å². The van der Waals surface area contributed by atoms with Crippen molar-refractivity contribution >= 4 is 10.9 Å². The third-order valence-corrected chi connectivity index (χ3v) is 4.29. The van der Waals surface area contributed by atoms with Gasteiger partial charge in [0.05, 0.1) is 11.2 Å². The van der Waals surface area contributed by atoms with Crippen LogP contribution in [0.3, 0.4) is 0 Å². The Labute approximate surface area is 145 Å². The van der Waals surface area contributed by atoms with Crippen molar-refractivity contribution in [2.75, 3.05) is 0 Å². The third-order valence-electron chi connectivity index (χ3n) is 4.29. The van der Waals surface area contributed by atoms with Gasteiger partial charge in [-0.3, -0.25) is 0 Å². The molecule has 2 aromatic carbocycles. The van der Waals surface area contributed by atoms with Crippen molar-refractivity contribution in [1.82, 2.24) is 4.98 Å². The lowest BCUT2D eigenvalue weighted by Crippen LogP contribution is -2.10. The maximum Gasteiger partial charge on any atom is 0.0712 e. The second kappa shape index (κ2) is 6.05. The quantitative estimate of drug-likeness (QED) is 0.531. The van der Waals surface area contributed by atoms with E-state index in [0.717, 1.165) is 17.6 Å². The molecule has 0 atom stereocenters. The third kappa shape index (κ3) is 3.67. The molecule has 1 aromatic heterocycles. The lowest BCUT2D eigenvalue weighted by molar-refractivity contribution is 0.412. The van der Waals surface area contributed by atoms with E-state index in [9.17, 15) is 0 Å². The van der Waals surface area contributed by atoms with Crippen LogP contribution in [0.25, 0.3) is 22.2 Å². The highest BCUT2D eigenvalue weighted by atomic mass is 14.7. The molecule has 0 amide bonds. The molecule has 0 aliphatic heterocycles. The monoisotopic (exact) mass is 317 g/mol. The van der Waals surface area contributed by atoms with Gasteiger partial charge in [-0.25, -0.2) is 4.98 Å². The van der Waals surface area contributed by atoms with Crippen LogP contribution in [0.2, 0.25) is 0 Å². The standard InChI is InChI=1S/C23H27N/c1-15-7-8-21-20(12-15)19(14-23(4,5)6)13-22(24-21)18-10-16(2)9-17(3)11-18/h7-13H,14H2,1-6H3. The molecular formula is C23H27N. The van der Waals surface area contributed by atoms with E-state index in [4.69, 9.17) is 4.98 Å². The molecule has 1 heteroatoms. The zero-order chi connectivity index (χ0) is 17.5. The maximum absolute atomic E-state index is 4.96. The number of rotatable bonds is 2. The molecule has 0 unspecified atom stereocenters. The number of benzene rings is 2. The normalized spacial score (nSPS) is 11.9. The van der Waals surface area contributed by atoms with E-state index < -0.39 is 0 Å². The predicted octanol–water partition coefficient (Wildman–Crippen LogP) is 6.42. The molecule has 124 valence electrons. The maximum atomic E-state index is 4.96. The van der Waals surface area contributed by atoms with Crippen LogP contribution >= 0.6 is 0 Å². The van der Waals surface area contributed by atoms with Crippen LogP contribution in [0.1, 0.15) is 43.0 Å². The van der Waals surface area contributed by atoms with Crippen LogP contribution in [0, 0.1) is 26.2 Å². The lowest BCUT2D eigenvalue weighted by Gasteiger charge is -2.20. The number of nitrogens with zero attached hydrogens (tertiary/aromatic N) is 1. The van der Waals surface area contributed by atoms with E-state index in [0.29, 0.717) is 0 Å².